The van der Waals surface area contributed by atoms with Crippen molar-refractivity contribution in [1.82, 2.24) is 0 Å². The molecule has 2 saturated carbocycles. The number of aliphatic hydroxyl groups is 2. The van der Waals surface area contributed by atoms with E-state index in [1.54, 1.807) is 26.0 Å². The maximum Gasteiger partial charge on any atom is 0.320 e. The predicted molar refractivity (Wildman–Crippen MR) is 191 cm³/mol. The molecule has 0 aromatic heterocycles. The molecule has 11 heteroatoms. The van der Waals surface area contributed by atoms with Gasteiger partial charge in [0.2, 0.25) is 0 Å². The van der Waals surface area contributed by atoms with E-state index in [1.165, 1.54) is 52.1 Å². The van der Waals surface area contributed by atoms with Crippen LogP contribution < -0.4 is 5.73 Å². The fraction of sp³-hybridized carbons (Fsp3) is 0.800. The van der Waals surface area contributed by atoms with Gasteiger partial charge in [0.1, 0.15) is 17.7 Å². The molecule has 2 fully saturated rings. The predicted octanol–water partition coefficient (Wildman–Crippen LogP) is 5.58. The van der Waals surface area contributed by atoms with Gasteiger partial charge in [-0.25, -0.2) is 0 Å². The van der Waals surface area contributed by atoms with E-state index in [1.807, 2.05) is 13.8 Å². The van der Waals surface area contributed by atoms with Gasteiger partial charge in [-0.15, -0.1) is 0 Å². The van der Waals surface area contributed by atoms with Crippen molar-refractivity contribution in [2.24, 2.45) is 34.8 Å². The number of carboxylic acids is 1. The summed E-state index contributed by atoms with van der Waals surface area (Å²) in [4.78, 5) is 52.2. The van der Waals surface area contributed by atoms with Crippen molar-refractivity contribution in [3.63, 3.8) is 0 Å². The lowest BCUT2D eigenvalue weighted by Gasteiger charge is -2.53. The summed E-state index contributed by atoms with van der Waals surface area (Å²) in [6.45, 7) is 9.10. The number of rotatable bonds is 20. The highest BCUT2D eigenvalue weighted by Crippen LogP contribution is 2.77. The van der Waals surface area contributed by atoms with Crippen molar-refractivity contribution in [2.45, 2.75) is 160 Å². The molecule has 9 atom stereocenters. The SMILES string of the molecule is CCCCCCCCCCCCCC(=O)O[C@@H]1[C@@H](C)[C@@]2(O)[C@@H](C=C(CO)C[C@]3(OC)C(=O)C(C)=C[C@@H]23)[C@@H]2C(C)(C)[C@]12OC(=O)CC[C@H](N)C(=O)O. The summed E-state index contributed by atoms with van der Waals surface area (Å²) in [6, 6.07) is -1.25. The number of hydrogen-bond donors (Lipinski definition) is 4. The Morgan fingerprint density at radius 2 is 1.55 bits per heavy atom. The van der Waals surface area contributed by atoms with Crippen LogP contribution in [0.2, 0.25) is 0 Å². The molecule has 0 unspecified atom stereocenters. The number of carbonyl (C=O) groups excluding carboxylic acids is 3. The van der Waals surface area contributed by atoms with E-state index in [9.17, 15) is 34.5 Å². The number of carbonyl (C=O) groups is 4. The molecule has 4 rings (SSSR count). The molecule has 4 aliphatic carbocycles. The Bertz CT molecular complexity index is 1360. The summed E-state index contributed by atoms with van der Waals surface area (Å²) in [5.74, 6) is -5.60. The molecule has 0 radical (unpaired) electrons. The highest BCUT2D eigenvalue weighted by Gasteiger charge is 2.88. The van der Waals surface area contributed by atoms with Crippen LogP contribution in [0.15, 0.2) is 23.3 Å². The maximum atomic E-state index is 13.8. The van der Waals surface area contributed by atoms with E-state index in [4.69, 9.17) is 19.9 Å². The molecular formula is C40H63NO10. The van der Waals surface area contributed by atoms with Crippen molar-refractivity contribution >= 4 is 23.7 Å². The van der Waals surface area contributed by atoms with Crippen molar-refractivity contribution in [1.29, 1.82) is 0 Å². The van der Waals surface area contributed by atoms with Crippen LogP contribution in [0.5, 0.6) is 0 Å². The summed E-state index contributed by atoms with van der Waals surface area (Å²) in [6.07, 6.45) is 14.8. The highest BCUT2D eigenvalue weighted by atomic mass is 16.6. The highest BCUT2D eigenvalue weighted by molar-refractivity contribution is 6.05. The molecule has 288 valence electrons. The second-order valence-corrected chi connectivity index (χ2v) is 16.3. The Morgan fingerprint density at radius 1 is 0.961 bits per heavy atom. The van der Waals surface area contributed by atoms with Crippen LogP contribution in [0.3, 0.4) is 0 Å². The average molecular weight is 718 g/mol. The minimum Gasteiger partial charge on any atom is -0.480 e. The standard InChI is InChI=1S/C40H63NO10/c1-7-8-9-10-11-12-13-14-15-16-17-18-31(43)50-35-26(3)39(48)28(22-27(24-42)23-38(49-6)30(39)21-25(2)34(38)45)33-37(4,5)40(33,35)51-32(44)20-19-29(41)36(46)47/h21-22,26,28-30,33,35,42,48H,7-20,23-24,41H2,1-6H3,(H,46,47)/t26-,28+,29+,30-,33-,35-,38-,39-,40-/m1/s1. The first-order valence-corrected chi connectivity index (χ1v) is 19.3. The Kier molecular flexibility index (Phi) is 13.4. The molecule has 51 heavy (non-hydrogen) atoms. The normalized spacial score (nSPS) is 33.9. The lowest BCUT2D eigenvalue weighted by molar-refractivity contribution is -0.231. The number of aliphatic hydroxyl groups excluding tert-OH is 1. The maximum absolute atomic E-state index is 13.8. The molecule has 0 aromatic rings. The van der Waals surface area contributed by atoms with Crippen LogP contribution in [-0.2, 0) is 33.4 Å². The van der Waals surface area contributed by atoms with E-state index < -0.39 is 75.9 Å². The molecule has 0 heterocycles. The second kappa shape index (κ2) is 16.6. The van der Waals surface area contributed by atoms with Gasteiger partial charge in [-0.2, -0.15) is 0 Å². The zero-order valence-electron chi connectivity index (χ0n) is 31.7. The van der Waals surface area contributed by atoms with Crippen molar-refractivity contribution in [3.8, 4) is 0 Å². The number of fused-ring (bicyclic) bond motifs is 5. The minimum absolute atomic E-state index is 0.0686. The van der Waals surface area contributed by atoms with Gasteiger partial charge >= 0.3 is 17.9 Å². The number of nitrogens with two attached hydrogens (primary N) is 1. The largest absolute Gasteiger partial charge is 0.480 e. The van der Waals surface area contributed by atoms with Crippen molar-refractivity contribution < 1.29 is 48.7 Å². The van der Waals surface area contributed by atoms with Crippen molar-refractivity contribution in [3.05, 3.63) is 23.3 Å². The monoisotopic (exact) mass is 717 g/mol. The Morgan fingerprint density at radius 3 is 2.10 bits per heavy atom. The van der Waals surface area contributed by atoms with Gasteiger partial charge in [-0.05, 0) is 30.9 Å². The molecule has 5 N–H and O–H groups in total. The van der Waals surface area contributed by atoms with Crippen molar-refractivity contribution in [2.75, 3.05) is 13.7 Å². The molecule has 0 bridgehead atoms. The minimum atomic E-state index is -1.69. The Hall–Kier alpha value is -2.60. The van der Waals surface area contributed by atoms with Crippen LogP contribution in [0.1, 0.15) is 131 Å². The van der Waals surface area contributed by atoms with E-state index >= 15 is 0 Å². The second-order valence-electron chi connectivity index (χ2n) is 16.3. The summed E-state index contributed by atoms with van der Waals surface area (Å²) in [5, 5.41) is 32.9. The lowest BCUT2D eigenvalue weighted by atomic mass is 9.59. The molecule has 0 amide bonds. The van der Waals surface area contributed by atoms with E-state index in [-0.39, 0.29) is 38.1 Å². The molecule has 0 aromatic carbocycles. The van der Waals surface area contributed by atoms with Crippen LogP contribution in [-0.4, -0.2) is 81.7 Å². The number of unbranched alkanes of at least 4 members (excludes halogenated alkanes) is 10. The zero-order valence-corrected chi connectivity index (χ0v) is 31.7. The van der Waals surface area contributed by atoms with Gasteiger partial charge in [-0.3, -0.25) is 19.2 Å². The van der Waals surface area contributed by atoms with Crippen LogP contribution in [0.25, 0.3) is 0 Å². The van der Waals surface area contributed by atoms with Crippen LogP contribution in [0.4, 0.5) is 0 Å². The summed E-state index contributed by atoms with van der Waals surface area (Å²) < 4.78 is 18.6. The number of ether oxygens (including phenoxy) is 3. The Labute approximate surface area is 303 Å². The third-order valence-corrected chi connectivity index (χ3v) is 12.8. The number of methoxy groups -OCH3 is 1. The third kappa shape index (κ3) is 7.60. The number of hydrogen-bond acceptors (Lipinski definition) is 10. The molecule has 0 saturated heterocycles. The average Bonchev–Trinajstić information content (AvgIpc) is 3.50. The number of esters is 2. The smallest absolute Gasteiger partial charge is 0.320 e. The molecular weight excluding hydrogens is 654 g/mol. The topological polar surface area (TPSA) is 183 Å². The van der Waals surface area contributed by atoms with Crippen LogP contribution in [0, 0.1) is 29.1 Å². The first-order chi connectivity index (χ1) is 24.1. The quantitative estimate of drug-likeness (QED) is 0.0701. The zero-order chi connectivity index (χ0) is 37.8. The molecule has 0 spiro atoms. The summed E-state index contributed by atoms with van der Waals surface area (Å²) >= 11 is 0. The Balaban J connectivity index is 1.59. The first-order valence-electron chi connectivity index (χ1n) is 19.3. The molecule has 11 nitrogen and oxygen atoms in total. The third-order valence-electron chi connectivity index (χ3n) is 12.8. The van der Waals surface area contributed by atoms with Gasteiger partial charge < -0.3 is 35.3 Å². The van der Waals surface area contributed by atoms with Crippen LogP contribution >= 0.6 is 0 Å². The van der Waals surface area contributed by atoms with Gasteiger partial charge in [-0.1, -0.05) is 104 Å². The van der Waals surface area contributed by atoms with E-state index in [0.717, 1.165) is 19.3 Å². The van der Waals surface area contributed by atoms with Gasteiger partial charge in [0, 0.05) is 55.5 Å². The number of carboxylic acid groups (broad SMARTS) is 1. The number of ketones is 1. The molecule has 0 aliphatic heterocycles. The van der Waals surface area contributed by atoms with E-state index in [2.05, 4.69) is 6.92 Å². The summed E-state index contributed by atoms with van der Waals surface area (Å²) in [7, 11) is 1.43. The fourth-order valence-corrected chi connectivity index (χ4v) is 9.86. The fourth-order valence-electron chi connectivity index (χ4n) is 9.86. The number of aliphatic carboxylic acids is 1. The lowest BCUT2D eigenvalue weighted by Crippen LogP contribution is -2.66. The molecule has 4 aliphatic rings. The summed E-state index contributed by atoms with van der Waals surface area (Å²) in [5.41, 5.74) is 1.31. The number of Topliss-reactive ketones (excluding diaryl/α,β-unsaturated/α-hetero) is 1. The van der Waals surface area contributed by atoms with Gasteiger partial charge in [0.05, 0.1) is 12.2 Å². The van der Waals surface area contributed by atoms with Gasteiger partial charge in [0.15, 0.2) is 11.4 Å². The first kappa shape index (κ1) is 41.2. The van der Waals surface area contributed by atoms with Gasteiger partial charge in [0.25, 0.3) is 0 Å². The van der Waals surface area contributed by atoms with E-state index in [0.29, 0.717) is 17.6 Å².